The molecular weight excluding hydrogens is 368 g/mol. The molecule has 0 saturated carbocycles. The number of nitro benzene ring substituents is 1. The van der Waals surface area contributed by atoms with Gasteiger partial charge in [0.2, 0.25) is 0 Å². The number of nitrogens with zero attached hydrogens (tertiary/aromatic N) is 2. The van der Waals surface area contributed by atoms with E-state index in [-0.39, 0.29) is 29.5 Å². The molecule has 27 heavy (non-hydrogen) atoms. The number of thiophene rings is 1. The Morgan fingerprint density at radius 1 is 1.26 bits per heavy atom. The van der Waals surface area contributed by atoms with E-state index in [9.17, 15) is 14.9 Å². The summed E-state index contributed by atoms with van der Waals surface area (Å²) in [4.78, 5) is 26.5. The highest BCUT2D eigenvalue weighted by atomic mass is 32.1. The zero-order valence-corrected chi connectivity index (χ0v) is 15.5. The Morgan fingerprint density at radius 3 is 2.74 bits per heavy atom. The summed E-state index contributed by atoms with van der Waals surface area (Å²) in [5.74, 6) is 0.473. The van der Waals surface area contributed by atoms with Crippen LogP contribution in [-0.2, 0) is 13.1 Å². The summed E-state index contributed by atoms with van der Waals surface area (Å²) in [6, 6.07) is 11.7. The average molecular weight is 386 g/mol. The Morgan fingerprint density at radius 2 is 2.11 bits per heavy atom. The first-order valence-corrected chi connectivity index (χ1v) is 9.21. The highest BCUT2D eigenvalue weighted by molar-refractivity contribution is 7.09. The van der Waals surface area contributed by atoms with E-state index >= 15 is 0 Å². The monoisotopic (exact) mass is 386 g/mol. The van der Waals surface area contributed by atoms with Crippen LogP contribution in [0, 0.1) is 10.1 Å². The standard InChI is InChI=1S/C19H18N2O5S/c1-2-25-18-8-7-14(11-17(18)21(23)24)19(22)20(12-15-5-3-9-26-15)13-16-6-4-10-27-16/h3-11H,2,12-13H2,1H3. The minimum atomic E-state index is -0.544. The van der Waals surface area contributed by atoms with Crippen molar-refractivity contribution in [1.29, 1.82) is 0 Å². The second kappa shape index (κ2) is 8.50. The minimum absolute atomic E-state index is 0.148. The second-order valence-electron chi connectivity index (χ2n) is 5.69. The number of furan rings is 1. The zero-order chi connectivity index (χ0) is 19.2. The fourth-order valence-corrected chi connectivity index (χ4v) is 3.35. The van der Waals surface area contributed by atoms with E-state index < -0.39 is 4.92 Å². The number of rotatable bonds is 8. The van der Waals surface area contributed by atoms with Crippen molar-refractivity contribution in [3.8, 4) is 5.75 Å². The van der Waals surface area contributed by atoms with Crippen LogP contribution in [0.5, 0.6) is 5.75 Å². The molecule has 0 spiro atoms. The molecule has 1 aromatic carbocycles. The van der Waals surface area contributed by atoms with E-state index in [1.165, 1.54) is 12.1 Å². The fourth-order valence-electron chi connectivity index (χ4n) is 2.63. The van der Waals surface area contributed by atoms with Crippen molar-refractivity contribution in [3.05, 3.63) is 80.4 Å². The van der Waals surface area contributed by atoms with Crippen LogP contribution < -0.4 is 4.74 Å². The maximum absolute atomic E-state index is 13.1. The Labute approximate surface area is 159 Å². The third kappa shape index (κ3) is 4.53. The van der Waals surface area contributed by atoms with E-state index in [4.69, 9.17) is 9.15 Å². The highest BCUT2D eigenvalue weighted by Crippen LogP contribution is 2.29. The van der Waals surface area contributed by atoms with Gasteiger partial charge in [0, 0.05) is 16.5 Å². The quantitative estimate of drug-likeness (QED) is 0.420. The Hall–Kier alpha value is -3.13. The number of carbonyl (C=O) groups is 1. The van der Waals surface area contributed by atoms with Crippen LogP contribution >= 0.6 is 11.3 Å². The molecule has 0 aliphatic heterocycles. The van der Waals surface area contributed by atoms with Crippen LogP contribution in [0.1, 0.15) is 27.9 Å². The first kappa shape index (κ1) is 18.7. The lowest BCUT2D eigenvalue weighted by Crippen LogP contribution is -2.29. The number of ether oxygens (including phenoxy) is 1. The van der Waals surface area contributed by atoms with Crippen LogP contribution in [0.2, 0.25) is 0 Å². The SMILES string of the molecule is CCOc1ccc(C(=O)N(Cc2ccco2)Cc2cccs2)cc1[N+](=O)[O-]. The number of nitro groups is 1. The molecule has 0 bridgehead atoms. The van der Waals surface area contributed by atoms with Crippen LogP contribution in [-0.4, -0.2) is 22.3 Å². The van der Waals surface area contributed by atoms with Gasteiger partial charge in [-0.25, -0.2) is 0 Å². The molecule has 1 amide bonds. The van der Waals surface area contributed by atoms with Crippen LogP contribution in [0.4, 0.5) is 5.69 Å². The van der Waals surface area contributed by atoms with Gasteiger partial charge in [-0.3, -0.25) is 14.9 Å². The van der Waals surface area contributed by atoms with E-state index in [1.54, 1.807) is 47.6 Å². The van der Waals surface area contributed by atoms with Gasteiger partial charge in [0.1, 0.15) is 5.76 Å². The van der Waals surface area contributed by atoms with Crippen molar-refractivity contribution in [3.63, 3.8) is 0 Å². The van der Waals surface area contributed by atoms with Gasteiger partial charge in [0.25, 0.3) is 5.91 Å². The number of carbonyl (C=O) groups excluding carboxylic acids is 1. The fraction of sp³-hybridized carbons (Fsp3) is 0.211. The summed E-state index contributed by atoms with van der Waals surface area (Å²) in [5, 5.41) is 13.3. The molecule has 0 atom stereocenters. The number of amides is 1. The molecular formula is C19H18N2O5S. The Balaban J connectivity index is 1.90. The van der Waals surface area contributed by atoms with E-state index in [0.29, 0.717) is 18.9 Å². The summed E-state index contributed by atoms with van der Waals surface area (Å²) in [6.07, 6.45) is 1.55. The first-order chi connectivity index (χ1) is 13.1. The third-order valence-corrected chi connectivity index (χ3v) is 4.70. The van der Waals surface area contributed by atoms with Gasteiger partial charge in [-0.15, -0.1) is 11.3 Å². The van der Waals surface area contributed by atoms with E-state index in [1.807, 2.05) is 17.5 Å². The molecule has 0 N–H and O–H groups in total. The summed E-state index contributed by atoms with van der Waals surface area (Å²) in [5.41, 5.74) is 0.00466. The normalized spacial score (nSPS) is 10.6. The van der Waals surface area contributed by atoms with Crippen LogP contribution in [0.3, 0.4) is 0 Å². The summed E-state index contributed by atoms with van der Waals surface area (Å²) in [6.45, 7) is 2.70. The second-order valence-corrected chi connectivity index (χ2v) is 6.72. The molecule has 140 valence electrons. The minimum Gasteiger partial charge on any atom is -0.487 e. The lowest BCUT2D eigenvalue weighted by molar-refractivity contribution is -0.385. The predicted molar refractivity (Wildman–Crippen MR) is 101 cm³/mol. The maximum Gasteiger partial charge on any atom is 0.311 e. The molecule has 0 aliphatic rings. The van der Waals surface area contributed by atoms with Crippen molar-refractivity contribution in [2.45, 2.75) is 20.0 Å². The van der Waals surface area contributed by atoms with Gasteiger partial charge in [0.15, 0.2) is 5.75 Å². The van der Waals surface area contributed by atoms with Gasteiger partial charge in [-0.05, 0) is 42.6 Å². The van der Waals surface area contributed by atoms with Crippen molar-refractivity contribution >= 4 is 22.9 Å². The van der Waals surface area contributed by atoms with Crippen molar-refractivity contribution in [1.82, 2.24) is 4.90 Å². The number of benzene rings is 1. The summed E-state index contributed by atoms with van der Waals surface area (Å²) >= 11 is 1.54. The largest absolute Gasteiger partial charge is 0.487 e. The van der Waals surface area contributed by atoms with Gasteiger partial charge in [0.05, 0.1) is 30.9 Å². The number of hydrogen-bond donors (Lipinski definition) is 0. The first-order valence-electron chi connectivity index (χ1n) is 8.33. The molecule has 3 aromatic rings. The van der Waals surface area contributed by atoms with Crippen LogP contribution in [0.15, 0.2) is 58.5 Å². The molecule has 3 rings (SSSR count). The lowest BCUT2D eigenvalue weighted by Gasteiger charge is -2.21. The van der Waals surface area contributed by atoms with Gasteiger partial charge >= 0.3 is 5.69 Å². The third-order valence-electron chi connectivity index (χ3n) is 3.84. The zero-order valence-electron chi connectivity index (χ0n) is 14.7. The Kier molecular flexibility index (Phi) is 5.87. The van der Waals surface area contributed by atoms with Gasteiger partial charge in [-0.1, -0.05) is 6.07 Å². The van der Waals surface area contributed by atoms with E-state index in [2.05, 4.69) is 0 Å². The molecule has 0 radical (unpaired) electrons. The predicted octanol–water partition coefficient (Wildman–Crippen LogP) is 4.49. The van der Waals surface area contributed by atoms with Gasteiger partial charge < -0.3 is 14.1 Å². The van der Waals surface area contributed by atoms with Crippen molar-refractivity contribution in [2.75, 3.05) is 6.61 Å². The Bertz CT molecular complexity index is 870. The summed E-state index contributed by atoms with van der Waals surface area (Å²) < 4.78 is 10.6. The maximum atomic E-state index is 13.1. The summed E-state index contributed by atoms with van der Waals surface area (Å²) in [7, 11) is 0. The highest BCUT2D eigenvalue weighted by Gasteiger charge is 2.23. The van der Waals surface area contributed by atoms with E-state index in [0.717, 1.165) is 4.88 Å². The van der Waals surface area contributed by atoms with Crippen molar-refractivity contribution in [2.24, 2.45) is 0 Å². The molecule has 7 nitrogen and oxygen atoms in total. The lowest BCUT2D eigenvalue weighted by atomic mass is 10.1. The topological polar surface area (TPSA) is 85.8 Å². The van der Waals surface area contributed by atoms with Crippen LogP contribution in [0.25, 0.3) is 0 Å². The molecule has 0 unspecified atom stereocenters. The average Bonchev–Trinajstić information content (AvgIpc) is 3.35. The van der Waals surface area contributed by atoms with Gasteiger partial charge in [-0.2, -0.15) is 0 Å². The molecule has 0 aliphatic carbocycles. The molecule has 2 aromatic heterocycles. The molecule has 0 saturated heterocycles. The molecule has 2 heterocycles. The number of hydrogen-bond acceptors (Lipinski definition) is 6. The smallest absolute Gasteiger partial charge is 0.311 e. The molecule has 8 heteroatoms. The molecule has 0 fully saturated rings. The van der Waals surface area contributed by atoms with Crippen molar-refractivity contribution < 1.29 is 18.9 Å².